The number of carbonyl (C=O) groups is 1. The molecule has 0 saturated heterocycles. The summed E-state index contributed by atoms with van der Waals surface area (Å²) in [6, 6.07) is 12.6. The molecule has 2 aromatic rings. The molecule has 1 fully saturated rings. The van der Waals surface area contributed by atoms with E-state index in [9.17, 15) is 4.79 Å². The number of ether oxygens (including phenoxy) is 1. The monoisotopic (exact) mass is 299 g/mol. The minimum Gasteiger partial charge on any atom is -0.465 e. The first kappa shape index (κ1) is 14.9. The van der Waals surface area contributed by atoms with Crippen molar-refractivity contribution in [1.82, 2.24) is 5.32 Å². The summed E-state index contributed by atoms with van der Waals surface area (Å²) in [5.74, 6) is 1.71. The molecule has 0 radical (unpaired) electrons. The second-order valence-corrected chi connectivity index (χ2v) is 5.78. The van der Waals surface area contributed by atoms with Crippen LogP contribution in [0.25, 0.3) is 0 Å². The van der Waals surface area contributed by atoms with Gasteiger partial charge in [-0.05, 0) is 37.3 Å². The van der Waals surface area contributed by atoms with Gasteiger partial charge in [0.15, 0.2) is 0 Å². The first-order valence-electron chi connectivity index (χ1n) is 7.65. The van der Waals surface area contributed by atoms with Crippen LogP contribution in [-0.4, -0.2) is 13.1 Å². The molecule has 1 N–H and O–H groups in total. The molecule has 1 atom stereocenters. The predicted molar refractivity (Wildman–Crippen MR) is 83.5 cm³/mol. The van der Waals surface area contributed by atoms with E-state index in [1.165, 1.54) is 25.5 Å². The number of rotatable bonds is 6. The second kappa shape index (κ2) is 6.36. The van der Waals surface area contributed by atoms with E-state index in [2.05, 4.69) is 29.6 Å². The summed E-state index contributed by atoms with van der Waals surface area (Å²) in [6.45, 7) is 2.39. The Morgan fingerprint density at radius 2 is 2.09 bits per heavy atom. The summed E-state index contributed by atoms with van der Waals surface area (Å²) in [5, 5.41) is 3.57. The quantitative estimate of drug-likeness (QED) is 0.828. The third-order valence-electron chi connectivity index (χ3n) is 4.12. The zero-order chi connectivity index (χ0) is 15.5. The molecule has 0 aliphatic heterocycles. The summed E-state index contributed by atoms with van der Waals surface area (Å²) < 4.78 is 10.4. The Labute approximate surface area is 130 Å². The van der Waals surface area contributed by atoms with Gasteiger partial charge in [-0.2, -0.15) is 0 Å². The van der Waals surface area contributed by atoms with Gasteiger partial charge in [-0.3, -0.25) is 0 Å². The SMILES string of the molecule is COC(=O)c1cc(CNC(c2ccccc2)C2CC2)oc1C. The lowest BCUT2D eigenvalue weighted by atomic mass is 10.0. The first-order chi connectivity index (χ1) is 10.7. The minimum absolute atomic E-state index is 0.341. The highest BCUT2D eigenvalue weighted by Crippen LogP contribution is 2.41. The number of carbonyl (C=O) groups excluding carboxylic acids is 1. The van der Waals surface area contributed by atoms with Gasteiger partial charge in [0.05, 0.1) is 13.7 Å². The fraction of sp³-hybridized carbons (Fsp3) is 0.389. The summed E-state index contributed by atoms with van der Waals surface area (Å²) in [5.41, 5.74) is 1.81. The van der Waals surface area contributed by atoms with Crippen LogP contribution in [0, 0.1) is 12.8 Å². The van der Waals surface area contributed by atoms with E-state index in [0.717, 1.165) is 5.76 Å². The van der Waals surface area contributed by atoms with Crippen LogP contribution in [0.5, 0.6) is 0 Å². The number of esters is 1. The van der Waals surface area contributed by atoms with Crippen LogP contribution in [0.3, 0.4) is 0 Å². The van der Waals surface area contributed by atoms with E-state index in [0.29, 0.717) is 29.8 Å². The van der Waals surface area contributed by atoms with Crippen molar-refractivity contribution in [2.45, 2.75) is 32.4 Å². The Balaban J connectivity index is 1.69. The van der Waals surface area contributed by atoms with Gasteiger partial charge in [0.25, 0.3) is 0 Å². The Morgan fingerprint density at radius 3 is 2.73 bits per heavy atom. The van der Waals surface area contributed by atoms with E-state index < -0.39 is 0 Å². The molecule has 0 spiro atoms. The van der Waals surface area contributed by atoms with Gasteiger partial charge in [0.1, 0.15) is 17.1 Å². The highest BCUT2D eigenvalue weighted by Gasteiger charge is 2.32. The normalized spacial score (nSPS) is 15.5. The second-order valence-electron chi connectivity index (χ2n) is 5.78. The van der Waals surface area contributed by atoms with Gasteiger partial charge >= 0.3 is 5.97 Å². The number of methoxy groups -OCH3 is 1. The van der Waals surface area contributed by atoms with Crippen molar-refractivity contribution in [1.29, 1.82) is 0 Å². The summed E-state index contributed by atoms with van der Waals surface area (Å²) >= 11 is 0. The molecule has 1 heterocycles. The number of benzene rings is 1. The Bertz CT molecular complexity index is 644. The molecule has 4 heteroatoms. The molecule has 116 valence electrons. The highest BCUT2D eigenvalue weighted by molar-refractivity contribution is 5.90. The lowest BCUT2D eigenvalue weighted by Crippen LogP contribution is -2.22. The molecular formula is C18H21NO3. The number of hydrogen-bond donors (Lipinski definition) is 1. The molecule has 22 heavy (non-hydrogen) atoms. The fourth-order valence-electron chi connectivity index (χ4n) is 2.80. The van der Waals surface area contributed by atoms with Crippen molar-refractivity contribution in [2.24, 2.45) is 5.92 Å². The van der Waals surface area contributed by atoms with Crippen molar-refractivity contribution in [3.05, 3.63) is 59.0 Å². The molecule has 0 bridgehead atoms. The number of nitrogens with one attached hydrogen (secondary N) is 1. The molecule has 1 unspecified atom stereocenters. The van der Waals surface area contributed by atoms with Crippen LogP contribution < -0.4 is 5.32 Å². The highest BCUT2D eigenvalue weighted by atomic mass is 16.5. The molecule has 1 aromatic heterocycles. The van der Waals surface area contributed by atoms with Gasteiger partial charge < -0.3 is 14.5 Å². The van der Waals surface area contributed by atoms with Crippen LogP contribution in [0.4, 0.5) is 0 Å². The lowest BCUT2D eigenvalue weighted by Gasteiger charge is -2.18. The van der Waals surface area contributed by atoms with Crippen LogP contribution in [-0.2, 0) is 11.3 Å². The van der Waals surface area contributed by atoms with Gasteiger partial charge in [-0.25, -0.2) is 4.79 Å². The molecular weight excluding hydrogens is 278 g/mol. The zero-order valence-electron chi connectivity index (χ0n) is 13.0. The maximum absolute atomic E-state index is 11.6. The average Bonchev–Trinajstić information content (AvgIpc) is 3.31. The Hall–Kier alpha value is -2.07. The van der Waals surface area contributed by atoms with Crippen LogP contribution >= 0.6 is 0 Å². The van der Waals surface area contributed by atoms with E-state index in [1.807, 2.05) is 6.07 Å². The van der Waals surface area contributed by atoms with Crippen LogP contribution in [0.2, 0.25) is 0 Å². The topological polar surface area (TPSA) is 51.5 Å². The Kier molecular flexibility index (Phi) is 4.29. The van der Waals surface area contributed by atoms with E-state index in [1.54, 1.807) is 13.0 Å². The third kappa shape index (κ3) is 3.22. The molecule has 1 aliphatic rings. The largest absolute Gasteiger partial charge is 0.465 e. The van der Waals surface area contributed by atoms with E-state index in [4.69, 9.17) is 9.15 Å². The van der Waals surface area contributed by atoms with E-state index >= 15 is 0 Å². The van der Waals surface area contributed by atoms with Crippen molar-refractivity contribution < 1.29 is 13.9 Å². The van der Waals surface area contributed by atoms with Crippen molar-refractivity contribution in [3.8, 4) is 0 Å². The number of furan rings is 1. The van der Waals surface area contributed by atoms with Crippen LogP contribution in [0.1, 0.15) is 46.3 Å². The van der Waals surface area contributed by atoms with Crippen molar-refractivity contribution >= 4 is 5.97 Å². The maximum Gasteiger partial charge on any atom is 0.341 e. The standard InChI is InChI=1S/C18H21NO3/c1-12-16(18(20)21-2)10-15(22-12)11-19-17(14-8-9-14)13-6-4-3-5-7-13/h3-7,10,14,17,19H,8-9,11H2,1-2H3. The smallest absolute Gasteiger partial charge is 0.341 e. The summed E-state index contributed by atoms with van der Waals surface area (Å²) in [6.07, 6.45) is 2.52. The minimum atomic E-state index is -0.352. The molecule has 1 aliphatic carbocycles. The molecule has 4 nitrogen and oxygen atoms in total. The van der Waals surface area contributed by atoms with Gasteiger partial charge in [0, 0.05) is 6.04 Å². The van der Waals surface area contributed by atoms with Gasteiger partial charge in [-0.1, -0.05) is 30.3 Å². The summed E-state index contributed by atoms with van der Waals surface area (Å²) in [4.78, 5) is 11.6. The van der Waals surface area contributed by atoms with Gasteiger partial charge in [-0.15, -0.1) is 0 Å². The number of aryl methyl sites for hydroxylation is 1. The lowest BCUT2D eigenvalue weighted by molar-refractivity contribution is 0.0599. The predicted octanol–water partition coefficient (Wildman–Crippen LogP) is 3.62. The zero-order valence-corrected chi connectivity index (χ0v) is 13.0. The number of hydrogen-bond acceptors (Lipinski definition) is 4. The molecule has 3 rings (SSSR count). The van der Waals surface area contributed by atoms with Crippen molar-refractivity contribution in [3.63, 3.8) is 0 Å². The third-order valence-corrected chi connectivity index (χ3v) is 4.12. The van der Waals surface area contributed by atoms with Crippen molar-refractivity contribution in [2.75, 3.05) is 7.11 Å². The fourth-order valence-corrected chi connectivity index (χ4v) is 2.80. The summed E-state index contributed by atoms with van der Waals surface area (Å²) in [7, 11) is 1.38. The molecule has 1 saturated carbocycles. The maximum atomic E-state index is 11.6. The molecule has 0 amide bonds. The Morgan fingerprint density at radius 1 is 1.36 bits per heavy atom. The van der Waals surface area contributed by atoms with Crippen LogP contribution in [0.15, 0.2) is 40.8 Å². The average molecular weight is 299 g/mol. The molecule has 1 aromatic carbocycles. The van der Waals surface area contributed by atoms with E-state index in [-0.39, 0.29) is 5.97 Å². The first-order valence-corrected chi connectivity index (χ1v) is 7.65. The van der Waals surface area contributed by atoms with Gasteiger partial charge in [0.2, 0.25) is 0 Å².